The van der Waals surface area contributed by atoms with Gasteiger partial charge in [0.25, 0.3) is 0 Å². The second kappa shape index (κ2) is 4.27. The number of ether oxygens (including phenoxy) is 1. The summed E-state index contributed by atoms with van der Waals surface area (Å²) >= 11 is 0. The number of hydrogen-bond acceptors (Lipinski definition) is 4. The lowest BCUT2D eigenvalue weighted by molar-refractivity contribution is -0.146. The van der Waals surface area contributed by atoms with Crippen LogP contribution in [0.25, 0.3) is 0 Å². The van der Waals surface area contributed by atoms with E-state index in [9.17, 15) is 14.9 Å². The van der Waals surface area contributed by atoms with E-state index >= 15 is 0 Å². The van der Waals surface area contributed by atoms with E-state index in [1.807, 2.05) is 6.92 Å². The first-order valence-electron chi connectivity index (χ1n) is 6.33. The highest BCUT2D eigenvalue weighted by atomic mass is 16.5. The van der Waals surface area contributed by atoms with E-state index in [0.717, 1.165) is 0 Å². The standard InChI is InChI=1S/C13H18N2O3/c1-4-18-12(17)10-9-7(2)5-13(6-14,11(9)10)15-8(3)16/h7,9-11H,4-5H2,1-3H3,(H,15,16)/t7-,9-,10-,11-,13+/m0/s1. The van der Waals surface area contributed by atoms with Crippen molar-refractivity contribution in [2.24, 2.45) is 23.7 Å². The van der Waals surface area contributed by atoms with Crippen molar-refractivity contribution >= 4 is 11.9 Å². The fourth-order valence-electron chi connectivity index (χ4n) is 3.60. The zero-order chi connectivity index (χ0) is 13.5. The summed E-state index contributed by atoms with van der Waals surface area (Å²) in [4.78, 5) is 23.1. The molecule has 0 radical (unpaired) electrons. The predicted octanol–water partition coefficient (Wildman–Crippen LogP) is 0.850. The van der Waals surface area contributed by atoms with E-state index in [-0.39, 0.29) is 35.5 Å². The average Bonchev–Trinajstić information content (AvgIpc) is 2.97. The van der Waals surface area contributed by atoms with Crippen LogP contribution in [0.15, 0.2) is 0 Å². The van der Waals surface area contributed by atoms with Crippen molar-refractivity contribution in [3.63, 3.8) is 0 Å². The van der Waals surface area contributed by atoms with Crippen molar-refractivity contribution in [1.29, 1.82) is 5.26 Å². The van der Waals surface area contributed by atoms with E-state index in [1.54, 1.807) is 6.92 Å². The Labute approximate surface area is 106 Å². The van der Waals surface area contributed by atoms with Crippen LogP contribution in [0.3, 0.4) is 0 Å². The zero-order valence-corrected chi connectivity index (χ0v) is 10.9. The van der Waals surface area contributed by atoms with Gasteiger partial charge in [-0.15, -0.1) is 0 Å². The third kappa shape index (κ3) is 1.76. The summed E-state index contributed by atoms with van der Waals surface area (Å²) in [5.74, 6) is -0.324. The predicted molar refractivity (Wildman–Crippen MR) is 63.0 cm³/mol. The van der Waals surface area contributed by atoms with Gasteiger partial charge in [-0.05, 0) is 25.2 Å². The van der Waals surface area contributed by atoms with Gasteiger partial charge in [-0.25, -0.2) is 0 Å². The van der Waals surface area contributed by atoms with Gasteiger partial charge in [-0.3, -0.25) is 9.59 Å². The molecule has 0 aromatic carbocycles. The summed E-state index contributed by atoms with van der Waals surface area (Å²) in [6.45, 7) is 5.55. The van der Waals surface area contributed by atoms with E-state index in [1.165, 1.54) is 6.92 Å². The Morgan fingerprint density at radius 1 is 1.56 bits per heavy atom. The van der Waals surface area contributed by atoms with Crippen molar-refractivity contribution < 1.29 is 14.3 Å². The number of nitrogens with one attached hydrogen (secondary N) is 1. The molecule has 0 heterocycles. The normalized spacial score (nSPS) is 40.6. The summed E-state index contributed by atoms with van der Waals surface area (Å²) in [5, 5.41) is 12.1. The molecule has 5 atom stereocenters. The quantitative estimate of drug-likeness (QED) is 0.753. The van der Waals surface area contributed by atoms with Crippen molar-refractivity contribution in [2.45, 2.75) is 32.7 Å². The van der Waals surface area contributed by atoms with Crippen LogP contribution >= 0.6 is 0 Å². The Hall–Kier alpha value is -1.57. The molecule has 2 saturated carbocycles. The van der Waals surface area contributed by atoms with Crippen molar-refractivity contribution in [2.75, 3.05) is 6.61 Å². The Morgan fingerprint density at radius 2 is 2.22 bits per heavy atom. The van der Waals surface area contributed by atoms with Crippen LogP contribution in [0.5, 0.6) is 0 Å². The van der Waals surface area contributed by atoms with Crippen LogP contribution in [0.2, 0.25) is 0 Å². The molecule has 2 aliphatic carbocycles. The number of amides is 1. The van der Waals surface area contributed by atoms with Gasteiger partial charge in [0, 0.05) is 12.8 Å². The Bertz CT molecular complexity index is 428. The minimum Gasteiger partial charge on any atom is -0.466 e. The molecule has 2 rings (SSSR count). The Balaban J connectivity index is 2.19. The monoisotopic (exact) mass is 250 g/mol. The molecule has 0 aromatic rings. The number of hydrogen-bond donors (Lipinski definition) is 1. The van der Waals surface area contributed by atoms with Crippen LogP contribution in [0.1, 0.15) is 27.2 Å². The maximum Gasteiger partial charge on any atom is 0.309 e. The van der Waals surface area contributed by atoms with Gasteiger partial charge in [-0.1, -0.05) is 6.92 Å². The largest absolute Gasteiger partial charge is 0.466 e. The number of nitriles is 1. The number of rotatable bonds is 3. The van der Waals surface area contributed by atoms with Gasteiger partial charge < -0.3 is 10.1 Å². The molecule has 1 amide bonds. The summed E-state index contributed by atoms with van der Waals surface area (Å²) in [6.07, 6.45) is 0.619. The molecule has 5 nitrogen and oxygen atoms in total. The molecule has 0 aliphatic heterocycles. The maximum atomic E-state index is 11.8. The molecule has 2 aliphatic rings. The molecular weight excluding hydrogens is 232 g/mol. The molecular formula is C13H18N2O3. The van der Waals surface area contributed by atoms with Gasteiger partial charge >= 0.3 is 5.97 Å². The SMILES string of the molecule is CCOC(=O)[C@H]1[C@H]2[C@@H]1[C@@](C#N)(NC(C)=O)C[C@@H]2C. The smallest absolute Gasteiger partial charge is 0.309 e. The molecule has 0 bridgehead atoms. The first kappa shape index (κ1) is 12.9. The number of carbonyl (C=O) groups excluding carboxylic acids is 2. The molecule has 0 saturated heterocycles. The second-order valence-electron chi connectivity index (χ2n) is 5.33. The average molecular weight is 250 g/mol. The third-order valence-corrected chi connectivity index (χ3v) is 4.10. The summed E-state index contributed by atoms with van der Waals surface area (Å²) in [7, 11) is 0. The van der Waals surface area contributed by atoms with Crippen molar-refractivity contribution in [3.05, 3.63) is 0 Å². The lowest BCUT2D eigenvalue weighted by atomic mass is 9.88. The van der Waals surface area contributed by atoms with Crippen LogP contribution in [0.4, 0.5) is 0 Å². The highest BCUT2D eigenvalue weighted by Crippen LogP contribution is 2.65. The van der Waals surface area contributed by atoms with Crippen molar-refractivity contribution in [1.82, 2.24) is 5.32 Å². The maximum absolute atomic E-state index is 11.8. The van der Waals surface area contributed by atoms with E-state index in [4.69, 9.17) is 4.74 Å². The lowest BCUT2D eigenvalue weighted by Gasteiger charge is -2.26. The molecule has 98 valence electrons. The number of fused-ring (bicyclic) bond motifs is 1. The van der Waals surface area contributed by atoms with E-state index < -0.39 is 5.54 Å². The van der Waals surface area contributed by atoms with E-state index in [0.29, 0.717) is 13.0 Å². The van der Waals surface area contributed by atoms with Crippen LogP contribution in [0, 0.1) is 35.0 Å². The molecule has 1 N–H and O–H groups in total. The van der Waals surface area contributed by atoms with Gasteiger partial charge in [0.2, 0.25) is 5.91 Å². The molecule has 5 heteroatoms. The molecule has 0 unspecified atom stereocenters. The van der Waals surface area contributed by atoms with Gasteiger partial charge in [0.05, 0.1) is 18.6 Å². The van der Waals surface area contributed by atoms with Crippen LogP contribution < -0.4 is 5.32 Å². The fraction of sp³-hybridized carbons (Fsp3) is 0.769. The second-order valence-corrected chi connectivity index (χ2v) is 5.33. The van der Waals surface area contributed by atoms with E-state index in [2.05, 4.69) is 11.4 Å². The number of esters is 1. The minimum absolute atomic E-state index is 0.0829. The molecule has 0 aromatic heterocycles. The van der Waals surface area contributed by atoms with Crippen LogP contribution in [-0.4, -0.2) is 24.0 Å². The lowest BCUT2D eigenvalue weighted by Crippen LogP contribution is -2.48. The highest BCUT2D eigenvalue weighted by molar-refractivity contribution is 5.80. The van der Waals surface area contributed by atoms with Crippen molar-refractivity contribution in [3.8, 4) is 6.07 Å². The van der Waals surface area contributed by atoms with Gasteiger partial charge in [-0.2, -0.15) is 5.26 Å². The Kier molecular flexibility index (Phi) is 3.05. The third-order valence-electron chi connectivity index (χ3n) is 4.10. The molecule has 18 heavy (non-hydrogen) atoms. The zero-order valence-electron chi connectivity index (χ0n) is 10.9. The molecule has 0 spiro atoms. The highest BCUT2D eigenvalue weighted by Gasteiger charge is 2.72. The first-order valence-corrected chi connectivity index (χ1v) is 6.33. The first-order chi connectivity index (χ1) is 8.46. The van der Waals surface area contributed by atoms with Gasteiger partial charge in [0.1, 0.15) is 5.54 Å². The Morgan fingerprint density at radius 3 is 2.72 bits per heavy atom. The van der Waals surface area contributed by atoms with Crippen LogP contribution in [-0.2, 0) is 14.3 Å². The summed E-state index contributed by atoms with van der Waals surface area (Å²) in [5.41, 5.74) is -0.882. The molecule has 2 fully saturated rings. The number of nitrogens with zero attached hydrogens (tertiary/aromatic N) is 1. The number of carbonyl (C=O) groups is 2. The fourth-order valence-corrected chi connectivity index (χ4v) is 3.60. The summed E-state index contributed by atoms with van der Waals surface area (Å²) < 4.78 is 5.03. The topological polar surface area (TPSA) is 79.2 Å². The summed E-state index contributed by atoms with van der Waals surface area (Å²) in [6, 6.07) is 2.22. The minimum atomic E-state index is -0.882. The van der Waals surface area contributed by atoms with Gasteiger partial charge in [0.15, 0.2) is 0 Å².